The zero-order valence-corrected chi connectivity index (χ0v) is 30.4. The van der Waals surface area contributed by atoms with E-state index in [1.165, 1.54) is 0 Å². The average Bonchev–Trinajstić information content (AvgIpc) is 3.26. The van der Waals surface area contributed by atoms with Crippen molar-refractivity contribution in [1.29, 1.82) is 10.5 Å². The van der Waals surface area contributed by atoms with Gasteiger partial charge in [0.25, 0.3) is 0 Å². The van der Waals surface area contributed by atoms with E-state index in [1.807, 2.05) is 48.5 Å². The van der Waals surface area contributed by atoms with Crippen LogP contribution in [0.2, 0.25) is 0 Å². The maximum absolute atomic E-state index is 9.43. The van der Waals surface area contributed by atoms with Gasteiger partial charge in [-0.15, -0.1) is 0 Å². The van der Waals surface area contributed by atoms with Gasteiger partial charge in [0, 0.05) is 69.5 Å². The molecule has 11 aromatic rings. The Kier molecular flexibility index (Phi) is 9.37. The Morgan fingerprint density at radius 2 is 0.600 bits per heavy atom. The van der Waals surface area contributed by atoms with Crippen molar-refractivity contribution in [2.24, 2.45) is 0 Å². The summed E-state index contributed by atoms with van der Waals surface area (Å²) in [6.45, 7) is 0. The van der Waals surface area contributed by atoms with Gasteiger partial charge in [0.1, 0.15) is 23.2 Å². The van der Waals surface area contributed by atoms with E-state index in [0.29, 0.717) is 33.2 Å². The van der Waals surface area contributed by atoms with Crippen LogP contribution in [0.15, 0.2) is 146 Å². The molecule has 0 aliphatic rings. The number of fused-ring (bicyclic) bond motifs is 13. The van der Waals surface area contributed by atoms with Crippen LogP contribution >= 0.6 is 0 Å². The van der Waals surface area contributed by atoms with Crippen LogP contribution in [0, 0.1) is 22.7 Å². The summed E-state index contributed by atoms with van der Waals surface area (Å²) in [7, 11) is 0. The summed E-state index contributed by atoms with van der Waals surface area (Å²) in [5, 5.41) is 25.0. The molecular weight excluding hydrogens is 770 g/mol. The molecule has 10 nitrogen and oxygen atoms in total. The second kappa shape index (κ2) is 14.9. The first kappa shape index (κ1) is 34.6. The SMILES string of the molecule is N#Cc1ccc(C#N)c2nc3c4cccnc4c4ncccc4c3nc12.[Ru+2].c1cnc2c(c1)ccc1cccnc12.c1cnc2c(c1)ccc1cccnc12. The Labute approximate surface area is 325 Å². The summed E-state index contributed by atoms with van der Waals surface area (Å²) in [5.74, 6) is 0. The van der Waals surface area contributed by atoms with E-state index < -0.39 is 0 Å². The molecule has 0 fully saturated rings. The number of aromatic nitrogens is 8. The Morgan fingerprint density at radius 1 is 0.309 bits per heavy atom. The molecule has 55 heavy (non-hydrogen) atoms. The molecule has 7 heterocycles. The van der Waals surface area contributed by atoms with Crippen molar-refractivity contribution in [2.75, 3.05) is 0 Å². The molecule has 0 aliphatic carbocycles. The third-order valence-corrected chi connectivity index (χ3v) is 9.10. The van der Waals surface area contributed by atoms with E-state index in [0.717, 1.165) is 65.4 Å². The fourth-order valence-electron chi connectivity index (χ4n) is 6.62. The molecule has 0 amide bonds. The van der Waals surface area contributed by atoms with Gasteiger partial charge in [-0.2, -0.15) is 10.5 Å². The molecule has 0 saturated heterocycles. The van der Waals surface area contributed by atoms with E-state index in [-0.39, 0.29) is 19.5 Å². The maximum Gasteiger partial charge on any atom is 2.00 e. The monoisotopic (exact) mass is 794 g/mol. The Bertz CT molecular complexity index is 3010. The Hall–Kier alpha value is -7.46. The van der Waals surface area contributed by atoms with Crippen molar-refractivity contribution < 1.29 is 19.5 Å². The molecule has 0 saturated carbocycles. The molecule has 7 aromatic heterocycles. The second-order valence-electron chi connectivity index (χ2n) is 12.2. The minimum Gasteiger partial charge on any atom is -0.254 e. The molecule has 0 radical (unpaired) electrons. The van der Waals surface area contributed by atoms with Gasteiger partial charge in [-0.05, 0) is 60.7 Å². The molecule has 0 aliphatic heterocycles. The molecule has 11 heteroatoms. The summed E-state index contributed by atoms with van der Waals surface area (Å²) in [4.78, 5) is 35.8. The first-order valence-electron chi connectivity index (χ1n) is 16.9. The number of pyridine rings is 6. The van der Waals surface area contributed by atoms with Crippen LogP contribution in [-0.4, -0.2) is 39.9 Å². The zero-order chi connectivity index (χ0) is 36.4. The molecule has 0 N–H and O–H groups in total. The largest absolute Gasteiger partial charge is 2.00 e. The van der Waals surface area contributed by atoms with E-state index >= 15 is 0 Å². The topological polar surface area (TPSA) is 151 Å². The quantitative estimate of drug-likeness (QED) is 0.0826. The third-order valence-electron chi connectivity index (χ3n) is 9.10. The standard InChI is InChI=1S/C20H8N6.2C12H8N2.Ru/c21-9-11-5-6-12(10-22)16-15(11)25-19-13-3-1-7-23-17(13)18-14(20(19)26-16)4-2-8-24-18;2*1-3-9-5-6-10-4-2-8-14-12(10)11(9)13-7-1;/h1-8H;2*1-8H;/q;;;+2. The van der Waals surface area contributed by atoms with E-state index in [9.17, 15) is 10.5 Å². The predicted molar refractivity (Wildman–Crippen MR) is 211 cm³/mol. The minimum absolute atomic E-state index is 0. The van der Waals surface area contributed by atoms with Gasteiger partial charge in [0.15, 0.2) is 0 Å². The molecule has 0 bridgehead atoms. The Morgan fingerprint density at radius 3 is 0.909 bits per heavy atom. The van der Waals surface area contributed by atoms with Crippen molar-refractivity contribution in [1.82, 2.24) is 39.9 Å². The van der Waals surface area contributed by atoms with Crippen LogP contribution in [-0.2, 0) is 19.5 Å². The van der Waals surface area contributed by atoms with Crippen molar-refractivity contribution in [3.63, 3.8) is 0 Å². The second-order valence-corrected chi connectivity index (χ2v) is 12.2. The summed E-state index contributed by atoms with van der Waals surface area (Å²) in [5.41, 5.74) is 8.29. The van der Waals surface area contributed by atoms with Crippen LogP contribution in [0.25, 0.3) is 87.5 Å². The van der Waals surface area contributed by atoms with Crippen LogP contribution in [0.5, 0.6) is 0 Å². The van der Waals surface area contributed by atoms with E-state index in [2.05, 4.69) is 90.6 Å². The number of nitrogens with zero attached hydrogens (tertiary/aromatic N) is 10. The van der Waals surface area contributed by atoms with Crippen molar-refractivity contribution >= 4 is 87.5 Å². The van der Waals surface area contributed by atoms with E-state index in [1.54, 1.807) is 49.3 Å². The molecular formula is C44H24N10Ru+2. The van der Waals surface area contributed by atoms with Crippen molar-refractivity contribution in [3.8, 4) is 12.1 Å². The maximum atomic E-state index is 9.43. The number of hydrogen-bond donors (Lipinski definition) is 0. The van der Waals surface area contributed by atoms with Gasteiger partial charge >= 0.3 is 19.5 Å². The predicted octanol–water partition coefficient (Wildman–Crippen LogP) is 9.19. The van der Waals surface area contributed by atoms with Crippen LogP contribution in [0.1, 0.15) is 11.1 Å². The smallest absolute Gasteiger partial charge is 0.254 e. The molecule has 11 rings (SSSR count). The Balaban J connectivity index is 0.000000125. The van der Waals surface area contributed by atoms with Crippen LogP contribution < -0.4 is 0 Å². The number of rotatable bonds is 0. The molecule has 0 spiro atoms. The molecule has 256 valence electrons. The van der Waals surface area contributed by atoms with Gasteiger partial charge in [-0.25, -0.2) is 9.97 Å². The summed E-state index contributed by atoms with van der Waals surface area (Å²) in [6.07, 6.45) is 10.6. The summed E-state index contributed by atoms with van der Waals surface area (Å²) in [6, 6.07) is 39.2. The third kappa shape index (κ3) is 6.25. The number of nitriles is 2. The summed E-state index contributed by atoms with van der Waals surface area (Å²) < 4.78 is 0. The molecule has 0 atom stereocenters. The van der Waals surface area contributed by atoms with E-state index in [4.69, 9.17) is 9.97 Å². The minimum atomic E-state index is 0. The van der Waals surface area contributed by atoms with Crippen LogP contribution in [0.4, 0.5) is 0 Å². The van der Waals surface area contributed by atoms with Gasteiger partial charge in [0.05, 0.1) is 55.3 Å². The fraction of sp³-hybridized carbons (Fsp3) is 0. The van der Waals surface area contributed by atoms with Crippen molar-refractivity contribution in [2.45, 2.75) is 0 Å². The first-order chi connectivity index (χ1) is 26.7. The van der Waals surface area contributed by atoms with Gasteiger partial charge in [0.2, 0.25) is 0 Å². The first-order valence-corrected chi connectivity index (χ1v) is 16.9. The normalized spacial score (nSPS) is 10.7. The molecule has 4 aromatic carbocycles. The fourth-order valence-corrected chi connectivity index (χ4v) is 6.62. The number of benzene rings is 4. The number of hydrogen-bond acceptors (Lipinski definition) is 10. The summed E-state index contributed by atoms with van der Waals surface area (Å²) >= 11 is 0. The van der Waals surface area contributed by atoms with Gasteiger partial charge in [-0.1, -0.05) is 48.5 Å². The van der Waals surface area contributed by atoms with Gasteiger partial charge in [-0.3, -0.25) is 29.9 Å². The van der Waals surface area contributed by atoms with Crippen molar-refractivity contribution in [3.05, 3.63) is 158 Å². The van der Waals surface area contributed by atoms with Crippen LogP contribution in [0.3, 0.4) is 0 Å². The van der Waals surface area contributed by atoms with Gasteiger partial charge < -0.3 is 0 Å². The average molecular weight is 794 g/mol. The zero-order valence-electron chi connectivity index (χ0n) is 28.7. The molecule has 0 unspecified atom stereocenters.